The van der Waals surface area contributed by atoms with E-state index in [0.29, 0.717) is 23.2 Å². The third kappa shape index (κ3) is 5.74. The summed E-state index contributed by atoms with van der Waals surface area (Å²) in [6, 6.07) is 2.99. The normalized spacial score (nSPS) is 12.5. The fraction of sp³-hybridized carbons (Fsp3) is 0.304. The van der Waals surface area contributed by atoms with Crippen molar-refractivity contribution in [2.24, 2.45) is 11.7 Å². The smallest absolute Gasteiger partial charge is 0.419 e. The molecule has 0 aliphatic heterocycles. The number of carbonyl (C=O) groups excluding carboxylic acids is 1. The molecule has 1 unspecified atom stereocenters. The first-order chi connectivity index (χ1) is 17.6. The molecular weight excluding hydrogens is 491 g/mol. The Morgan fingerprint density at radius 2 is 1.92 bits per heavy atom. The molecule has 0 spiro atoms. The number of rotatable bonds is 7. The van der Waals surface area contributed by atoms with Crippen molar-refractivity contribution in [2.75, 3.05) is 11.9 Å². The number of hydrogen-bond acceptors (Lipinski definition) is 8. The molecular formula is C23H24F3N9O2. The molecule has 0 saturated carbocycles. The minimum atomic E-state index is -4.63. The molecule has 0 saturated heterocycles. The van der Waals surface area contributed by atoms with Gasteiger partial charge in [0.2, 0.25) is 11.8 Å². The van der Waals surface area contributed by atoms with E-state index in [1.165, 1.54) is 30.9 Å². The number of nitrogens with two attached hydrogens (primary N) is 1. The Hall–Kier alpha value is -4.33. The Balaban J connectivity index is 1.77. The first-order valence-corrected chi connectivity index (χ1v) is 11.3. The van der Waals surface area contributed by atoms with Gasteiger partial charge in [0.1, 0.15) is 5.82 Å². The van der Waals surface area contributed by atoms with Gasteiger partial charge in [-0.25, -0.2) is 14.5 Å². The average Bonchev–Trinajstić information content (AvgIpc) is 3.54. The number of hydrogen-bond donors (Lipinski definition) is 3. The van der Waals surface area contributed by atoms with Gasteiger partial charge in [-0.15, -0.1) is 10.2 Å². The monoisotopic (exact) mass is 515 g/mol. The fourth-order valence-electron chi connectivity index (χ4n) is 3.33. The van der Waals surface area contributed by atoms with Gasteiger partial charge < -0.3 is 15.5 Å². The van der Waals surface area contributed by atoms with Crippen molar-refractivity contribution >= 4 is 11.8 Å². The van der Waals surface area contributed by atoms with Crippen LogP contribution in [0.5, 0.6) is 0 Å². The molecule has 0 aliphatic rings. The second-order valence-electron chi connectivity index (χ2n) is 8.39. The van der Waals surface area contributed by atoms with Crippen LogP contribution in [0, 0.1) is 5.92 Å². The number of alkyl halides is 3. The van der Waals surface area contributed by atoms with Gasteiger partial charge >= 0.3 is 12.2 Å². The molecule has 0 fully saturated rings. The highest BCUT2D eigenvalue weighted by atomic mass is 19.4. The SMILES string of the molecule is CCNC(=O)Nc1cc(-n2ccc(C(F)(F)F)n2)c(-c2cncc(-c3nnc(C(N)C(C)C)o3)c2)cn1. The third-order valence-electron chi connectivity index (χ3n) is 5.33. The lowest BCUT2D eigenvalue weighted by Crippen LogP contribution is -2.28. The number of pyridine rings is 2. The van der Waals surface area contributed by atoms with Crippen molar-refractivity contribution in [1.82, 2.24) is 35.3 Å². The van der Waals surface area contributed by atoms with Crippen molar-refractivity contribution in [1.29, 1.82) is 0 Å². The van der Waals surface area contributed by atoms with E-state index in [-0.39, 0.29) is 29.2 Å². The topological polar surface area (TPSA) is 150 Å². The zero-order chi connectivity index (χ0) is 26.7. The van der Waals surface area contributed by atoms with Crippen LogP contribution in [-0.2, 0) is 6.18 Å². The highest BCUT2D eigenvalue weighted by molar-refractivity contribution is 5.89. The third-order valence-corrected chi connectivity index (χ3v) is 5.33. The lowest BCUT2D eigenvalue weighted by Gasteiger charge is -2.13. The second-order valence-corrected chi connectivity index (χ2v) is 8.39. The Bertz CT molecular complexity index is 1400. The molecule has 194 valence electrons. The van der Waals surface area contributed by atoms with Gasteiger partial charge in [0.05, 0.1) is 17.3 Å². The van der Waals surface area contributed by atoms with E-state index in [9.17, 15) is 18.0 Å². The maximum atomic E-state index is 13.2. The minimum Gasteiger partial charge on any atom is -0.419 e. The number of urea groups is 1. The minimum absolute atomic E-state index is 0.0774. The molecule has 4 heterocycles. The summed E-state index contributed by atoms with van der Waals surface area (Å²) in [6.07, 6.45) is 0.961. The molecule has 1 atom stereocenters. The maximum absolute atomic E-state index is 13.2. The Labute approximate surface area is 209 Å². The van der Waals surface area contributed by atoms with Crippen molar-refractivity contribution < 1.29 is 22.4 Å². The largest absolute Gasteiger partial charge is 0.435 e. The first kappa shape index (κ1) is 25.8. The first-order valence-electron chi connectivity index (χ1n) is 11.3. The molecule has 4 aromatic rings. The Morgan fingerprint density at radius 1 is 1.16 bits per heavy atom. The summed E-state index contributed by atoms with van der Waals surface area (Å²) in [6.45, 7) is 5.97. The molecule has 0 aliphatic carbocycles. The quantitative estimate of drug-likeness (QED) is 0.332. The number of carbonyl (C=O) groups is 1. The van der Waals surface area contributed by atoms with Crippen LogP contribution in [0.15, 0.2) is 47.4 Å². The van der Waals surface area contributed by atoms with Crippen LogP contribution in [0.2, 0.25) is 0 Å². The van der Waals surface area contributed by atoms with Crippen molar-refractivity contribution in [2.45, 2.75) is 33.0 Å². The standard InChI is InChI=1S/C23H24F3N9O2/c1-4-29-22(36)31-18-8-16(35-6-5-17(34-35)23(24,25)26)15(11-30-18)13-7-14(10-28-9-13)20-32-33-21(37-20)19(27)12(2)3/h5-12,19H,4,27H2,1-3H3,(H2,29,30,31,36). The highest BCUT2D eigenvalue weighted by Gasteiger charge is 2.34. The fourth-order valence-corrected chi connectivity index (χ4v) is 3.33. The number of anilines is 1. The number of amides is 2. The molecule has 4 aromatic heterocycles. The number of nitrogens with one attached hydrogen (secondary N) is 2. The summed E-state index contributed by atoms with van der Waals surface area (Å²) >= 11 is 0. The van der Waals surface area contributed by atoms with Crippen LogP contribution in [-0.4, -0.2) is 42.5 Å². The van der Waals surface area contributed by atoms with Crippen LogP contribution in [0.4, 0.5) is 23.8 Å². The van der Waals surface area contributed by atoms with E-state index >= 15 is 0 Å². The predicted octanol–water partition coefficient (Wildman–Crippen LogP) is 4.20. The maximum Gasteiger partial charge on any atom is 0.435 e. The summed E-state index contributed by atoms with van der Waals surface area (Å²) < 4.78 is 46.5. The van der Waals surface area contributed by atoms with E-state index in [1.54, 1.807) is 13.0 Å². The summed E-state index contributed by atoms with van der Waals surface area (Å²) in [5.41, 5.74) is 6.60. The van der Waals surface area contributed by atoms with Crippen molar-refractivity contribution in [3.8, 4) is 28.3 Å². The van der Waals surface area contributed by atoms with Gasteiger partial charge in [0.25, 0.3) is 0 Å². The lowest BCUT2D eigenvalue weighted by molar-refractivity contribution is -0.141. The predicted molar refractivity (Wildman–Crippen MR) is 127 cm³/mol. The van der Waals surface area contributed by atoms with E-state index in [1.807, 2.05) is 13.8 Å². The molecule has 4 N–H and O–H groups in total. The van der Waals surface area contributed by atoms with Crippen LogP contribution in [0.25, 0.3) is 28.3 Å². The average molecular weight is 516 g/mol. The second kappa shape index (κ2) is 10.3. The number of aromatic nitrogens is 6. The van der Waals surface area contributed by atoms with E-state index < -0.39 is 23.9 Å². The molecule has 37 heavy (non-hydrogen) atoms. The van der Waals surface area contributed by atoms with E-state index in [0.717, 1.165) is 10.7 Å². The molecule has 0 aromatic carbocycles. The van der Waals surface area contributed by atoms with Gasteiger partial charge in [-0.05, 0) is 25.0 Å². The molecule has 0 bridgehead atoms. The zero-order valence-electron chi connectivity index (χ0n) is 20.1. The van der Waals surface area contributed by atoms with Crippen LogP contribution in [0.1, 0.15) is 38.4 Å². The Morgan fingerprint density at radius 3 is 2.59 bits per heavy atom. The molecule has 4 rings (SSSR count). The van der Waals surface area contributed by atoms with Gasteiger partial charge in [-0.1, -0.05) is 13.8 Å². The van der Waals surface area contributed by atoms with E-state index in [2.05, 4.69) is 35.9 Å². The van der Waals surface area contributed by atoms with Gasteiger partial charge in [-0.2, -0.15) is 18.3 Å². The van der Waals surface area contributed by atoms with E-state index in [4.69, 9.17) is 10.2 Å². The molecule has 11 nitrogen and oxygen atoms in total. The summed E-state index contributed by atoms with van der Waals surface area (Å²) in [7, 11) is 0. The molecule has 2 amide bonds. The van der Waals surface area contributed by atoms with Crippen LogP contribution < -0.4 is 16.4 Å². The highest BCUT2D eigenvalue weighted by Crippen LogP contribution is 2.33. The zero-order valence-corrected chi connectivity index (χ0v) is 20.1. The van der Waals surface area contributed by atoms with Gasteiger partial charge in [-0.3, -0.25) is 10.3 Å². The van der Waals surface area contributed by atoms with Gasteiger partial charge in [0.15, 0.2) is 5.69 Å². The number of halogens is 3. The van der Waals surface area contributed by atoms with Crippen molar-refractivity contribution in [3.63, 3.8) is 0 Å². The van der Waals surface area contributed by atoms with Gasteiger partial charge in [0, 0.05) is 48.5 Å². The van der Waals surface area contributed by atoms with Crippen molar-refractivity contribution in [3.05, 3.63) is 54.6 Å². The summed E-state index contributed by atoms with van der Waals surface area (Å²) in [5, 5.41) is 16.8. The summed E-state index contributed by atoms with van der Waals surface area (Å²) in [4.78, 5) is 20.4. The summed E-state index contributed by atoms with van der Waals surface area (Å²) in [5.74, 6) is 0.647. The molecule has 14 heteroatoms. The van der Waals surface area contributed by atoms with Crippen LogP contribution >= 0.6 is 0 Å². The lowest BCUT2D eigenvalue weighted by atomic mass is 10.1. The van der Waals surface area contributed by atoms with Crippen LogP contribution in [0.3, 0.4) is 0 Å². The number of nitrogens with zero attached hydrogens (tertiary/aromatic N) is 6. The molecule has 0 radical (unpaired) electrons. The Kier molecular flexibility index (Phi) is 7.20.